The lowest BCUT2D eigenvalue weighted by Crippen LogP contribution is -2.49. The molecule has 2 aromatic carbocycles. The monoisotopic (exact) mass is 373 g/mol. The normalized spacial score (nSPS) is 17.7. The van der Waals surface area contributed by atoms with Crippen LogP contribution in [-0.4, -0.2) is 44.1 Å². The van der Waals surface area contributed by atoms with Crippen molar-refractivity contribution in [2.45, 2.75) is 12.6 Å². The second kappa shape index (κ2) is 9.03. The first-order chi connectivity index (χ1) is 12.7. The van der Waals surface area contributed by atoms with E-state index in [9.17, 15) is 4.79 Å². The van der Waals surface area contributed by atoms with E-state index in [1.54, 1.807) is 7.11 Å². The van der Waals surface area contributed by atoms with E-state index < -0.39 is 0 Å². The van der Waals surface area contributed by atoms with Gasteiger partial charge in [-0.05, 0) is 29.3 Å². The average Bonchev–Trinajstić information content (AvgIpc) is 2.67. The summed E-state index contributed by atoms with van der Waals surface area (Å²) in [7, 11) is 1.64. The second-order valence-electron chi connectivity index (χ2n) is 6.34. The van der Waals surface area contributed by atoms with E-state index >= 15 is 0 Å². The summed E-state index contributed by atoms with van der Waals surface area (Å²) in [6.07, 6.45) is 0. The zero-order valence-electron chi connectivity index (χ0n) is 14.9. The van der Waals surface area contributed by atoms with Crippen molar-refractivity contribution in [3.05, 3.63) is 64.7 Å². The standard InChI is InChI=1S/C20H24ClN3O2/c1-26-16-6-4-5-15(11-16)12-23-20(25)14-24-10-9-22-13-19(24)17-7-2-3-8-18(17)21/h2-8,11,19,22H,9-10,12-14H2,1H3,(H,23,25). The maximum atomic E-state index is 12.5. The van der Waals surface area contributed by atoms with Gasteiger partial charge in [-0.25, -0.2) is 0 Å². The van der Waals surface area contributed by atoms with E-state index in [2.05, 4.69) is 15.5 Å². The summed E-state index contributed by atoms with van der Waals surface area (Å²) < 4.78 is 5.22. The molecule has 3 rings (SSSR count). The second-order valence-corrected chi connectivity index (χ2v) is 6.75. The Morgan fingerprint density at radius 1 is 1.31 bits per heavy atom. The summed E-state index contributed by atoms with van der Waals surface area (Å²) in [5.41, 5.74) is 2.07. The molecule has 1 amide bonds. The number of carbonyl (C=O) groups excluding carboxylic acids is 1. The molecule has 1 aliphatic heterocycles. The maximum absolute atomic E-state index is 12.5. The minimum atomic E-state index is 0.00627. The fourth-order valence-corrected chi connectivity index (χ4v) is 3.47. The van der Waals surface area contributed by atoms with Crippen LogP contribution in [0.4, 0.5) is 0 Å². The lowest BCUT2D eigenvalue weighted by Gasteiger charge is -2.36. The molecule has 5 nitrogen and oxygen atoms in total. The van der Waals surface area contributed by atoms with Crippen molar-refractivity contribution in [2.75, 3.05) is 33.3 Å². The van der Waals surface area contributed by atoms with Crippen LogP contribution in [0.1, 0.15) is 17.2 Å². The van der Waals surface area contributed by atoms with Crippen LogP contribution in [0.25, 0.3) is 0 Å². The van der Waals surface area contributed by atoms with Crippen molar-refractivity contribution in [1.29, 1.82) is 0 Å². The molecule has 0 spiro atoms. The van der Waals surface area contributed by atoms with Gasteiger partial charge >= 0.3 is 0 Å². The molecule has 138 valence electrons. The molecule has 1 saturated heterocycles. The zero-order chi connectivity index (χ0) is 18.4. The van der Waals surface area contributed by atoms with Gasteiger partial charge in [-0.2, -0.15) is 0 Å². The number of nitrogens with one attached hydrogen (secondary N) is 2. The molecule has 6 heteroatoms. The van der Waals surface area contributed by atoms with E-state index in [0.29, 0.717) is 13.1 Å². The first-order valence-corrected chi connectivity index (χ1v) is 9.14. The fourth-order valence-electron chi connectivity index (χ4n) is 3.21. The van der Waals surface area contributed by atoms with Gasteiger partial charge in [-0.1, -0.05) is 41.9 Å². The quantitative estimate of drug-likeness (QED) is 0.817. The van der Waals surface area contributed by atoms with Gasteiger partial charge in [0.05, 0.1) is 13.7 Å². The molecular formula is C20H24ClN3O2. The summed E-state index contributed by atoms with van der Waals surface area (Å²) in [6.45, 7) is 3.29. The Morgan fingerprint density at radius 3 is 2.96 bits per heavy atom. The van der Waals surface area contributed by atoms with Gasteiger partial charge in [0.1, 0.15) is 5.75 Å². The summed E-state index contributed by atoms with van der Waals surface area (Å²) in [5.74, 6) is 0.796. The predicted octanol–water partition coefficient (Wildman–Crippen LogP) is 2.61. The number of benzene rings is 2. The summed E-state index contributed by atoms with van der Waals surface area (Å²) in [6, 6.07) is 15.6. The number of ether oxygens (including phenoxy) is 1. The maximum Gasteiger partial charge on any atom is 0.234 e. The summed E-state index contributed by atoms with van der Waals surface area (Å²) in [5, 5.41) is 7.12. The van der Waals surface area contributed by atoms with Crippen LogP contribution in [0.15, 0.2) is 48.5 Å². The molecule has 0 radical (unpaired) electrons. The van der Waals surface area contributed by atoms with Gasteiger partial charge in [0, 0.05) is 37.2 Å². The molecule has 0 saturated carbocycles. The molecule has 2 aromatic rings. The summed E-state index contributed by atoms with van der Waals surface area (Å²) in [4.78, 5) is 14.6. The van der Waals surface area contributed by atoms with E-state index in [0.717, 1.165) is 41.5 Å². The van der Waals surface area contributed by atoms with E-state index in [1.807, 2.05) is 48.5 Å². The minimum Gasteiger partial charge on any atom is -0.497 e. The molecule has 26 heavy (non-hydrogen) atoms. The molecule has 2 N–H and O–H groups in total. The number of halogens is 1. The van der Waals surface area contributed by atoms with Crippen molar-refractivity contribution in [3.8, 4) is 5.75 Å². The van der Waals surface area contributed by atoms with Crippen LogP contribution in [0.3, 0.4) is 0 Å². The van der Waals surface area contributed by atoms with E-state index in [4.69, 9.17) is 16.3 Å². The van der Waals surface area contributed by atoms with Gasteiger partial charge in [0.25, 0.3) is 0 Å². The Balaban J connectivity index is 1.60. The summed E-state index contributed by atoms with van der Waals surface area (Å²) >= 11 is 6.36. The Morgan fingerprint density at radius 2 is 2.15 bits per heavy atom. The topological polar surface area (TPSA) is 53.6 Å². The van der Waals surface area contributed by atoms with Gasteiger partial charge in [-0.3, -0.25) is 9.69 Å². The Labute approximate surface area is 159 Å². The molecule has 0 bridgehead atoms. The molecule has 1 aliphatic rings. The van der Waals surface area contributed by atoms with Crippen LogP contribution < -0.4 is 15.4 Å². The van der Waals surface area contributed by atoms with Crippen LogP contribution in [-0.2, 0) is 11.3 Å². The SMILES string of the molecule is COc1cccc(CNC(=O)CN2CCNCC2c2ccccc2Cl)c1. The highest BCUT2D eigenvalue weighted by Gasteiger charge is 2.26. The number of nitrogens with zero attached hydrogens (tertiary/aromatic N) is 1. The number of rotatable bonds is 6. The van der Waals surface area contributed by atoms with Crippen molar-refractivity contribution >= 4 is 17.5 Å². The predicted molar refractivity (Wildman–Crippen MR) is 103 cm³/mol. The molecule has 1 fully saturated rings. The van der Waals surface area contributed by atoms with Crippen molar-refractivity contribution in [3.63, 3.8) is 0 Å². The van der Waals surface area contributed by atoms with Crippen LogP contribution in [0, 0.1) is 0 Å². The van der Waals surface area contributed by atoms with Crippen LogP contribution in [0.5, 0.6) is 5.75 Å². The number of carbonyl (C=O) groups is 1. The smallest absolute Gasteiger partial charge is 0.234 e. The Kier molecular flexibility index (Phi) is 6.50. The van der Waals surface area contributed by atoms with Crippen molar-refractivity contribution < 1.29 is 9.53 Å². The molecule has 1 heterocycles. The zero-order valence-corrected chi connectivity index (χ0v) is 15.6. The lowest BCUT2D eigenvalue weighted by molar-refractivity contribution is -0.123. The highest BCUT2D eigenvalue weighted by molar-refractivity contribution is 6.31. The van der Waals surface area contributed by atoms with E-state index in [1.165, 1.54) is 0 Å². The first-order valence-electron chi connectivity index (χ1n) is 8.76. The largest absolute Gasteiger partial charge is 0.497 e. The molecule has 0 aromatic heterocycles. The minimum absolute atomic E-state index is 0.00627. The van der Waals surface area contributed by atoms with Crippen molar-refractivity contribution in [2.24, 2.45) is 0 Å². The Hall–Kier alpha value is -2.08. The lowest BCUT2D eigenvalue weighted by atomic mass is 10.0. The molecular weight excluding hydrogens is 350 g/mol. The number of methoxy groups -OCH3 is 1. The number of piperazine rings is 1. The average molecular weight is 374 g/mol. The molecule has 1 unspecified atom stereocenters. The number of hydrogen-bond donors (Lipinski definition) is 2. The third kappa shape index (κ3) is 4.75. The van der Waals surface area contributed by atoms with Gasteiger partial charge in [0.2, 0.25) is 5.91 Å². The fraction of sp³-hybridized carbons (Fsp3) is 0.350. The van der Waals surface area contributed by atoms with Crippen LogP contribution in [0.2, 0.25) is 5.02 Å². The third-order valence-corrected chi connectivity index (χ3v) is 4.93. The molecule has 1 atom stereocenters. The number of hydrogen-bond acceptors (Lipinski definition) is 4. The number of amides is 1. The highest BCUT2D eigenvalue weighted by atomic mass is 35.5. The van der Waals surface area contributed by atoms with E-state index in [-0.39, 0.29) is 11.9 Å². The van der Waals surface area contributed by atoms with Gasteiger partial charge in [0.15, 0.2) is 0 Å². The van der Waals surface area contributed by atoms with Crippen molar-refractivity contribution in [1.82, 2.24) is 15.5 Å². The van der Waals surface area contributed by atoms with Crippen LogP contribution >= 0.6 is 11.6 Å². The van der Waals surface area contributed by atoms with Gasteiger partial charge in [-0.15, -0.1) is 0 Å². The third-order valence-electron chi connectivity index (χ3n) is 4.59. The Bertz CT molecular complexity index is 753. The first kappa shape index (κ1) is 18.7. The highest BCUT2D eigenvalue weighted by Crippen LogP contribution is 2.28. The van der Waals surface area contributed by atoms with Gasteiger partial charge < -0.3 is 15.4 Å². The molecule has 0 aliphatic carbocycles.